The Morgan fingerprint density at radius 1 is 0.314 bits per heavy atom. The molecule has 0 fully saturated rings. The molecule has 0 saturated heterocycles. The second kappa shape index (κ2) is 75.8. The van der Waals surface area contributed by atoms with E-state index in [-0.39, 0.29) is 18.5 Å². The molecule has 0 radical (unpaired) electrons. The molecule has 0 bridgehead atoms. The van der Waals surface area contributed by atoms with Crippen molar-refractivity contribution in [1.29, 1.82) is 0 Å². The third-order valence-electron chi connectivity index (χ3n) is 18.7. The van der Waals surface area contributed by atoms with Gasteiger partial charge in [-0.1, -0.05) is 385 Å². The molecule has 0 aliphatic rings. The number of carbonyl (C=O) groups is 2. The quantitative estimate of drug-likeness (QED) is 0.0320. The van der Waals surface area contributed by atoms with E-state index in [1.54, 1.807) is 0 Å². The van der Waals surface area contributed by atoms with Gasteiger partial charge in [-0.25, -0.2) is 0 Å². The highest BCUT2D eigenvalue weighted by molar-refractivity contribution is 5.76. The van der Waals surface area contributed by atoms with Crippen molar-refractivity contribution in [2.75, 3.05) is 13.2 Å². The highest BCUT2D eigenvalue weighted by Crippen LogP contribution is 2.20. The molecule has 3 N–H and O–H groups in total. The van der Waals surface area contributed by atoms with Crippen LogP contribution in [0.4, 0.5) is 0 Å². The topological polar surface area (TPSA) is 95.9 Å². The van der Waals surface area contributed by atoms with Crippen LogP contribution in [0.15, 0.2) is 24.3 Å². The predicted octanol–water partition coefficient (Wildman–Crippen LogP) is 26.0. The summed E-state index contributed by atoms with van der Waals surface area (Å²) in [5, 5.41) is 23.5. The van der Waals surface area contributed by atoms with Crippen LogP contribution in [0.1, 0.15) is 450 Å². The molecule has 1 amide bonds. The lowest BCUT2D eigenvalue weighted by Crippen LogP contribution is -2.45. The average molecular weight is 1210 g/mol. The number of hydrogen-bond donors (Lipinski definition) is 3. The Hall–Kier alpha value is -1.66. The molecule has 0 heterocycles. The van der Waals surface area contributed by atoms with Gasteiger partial charge >= 0.3 is 5.97 Å². The first-order valence-electron chi connectivity index (χ1n) is 39.6. The van der Waals surface area contributed by atoms with Gasteiger partial charge in [-0.3, -0.25) is 9.59 Å². The zero-order valence-corrected chi connectivity index (χ0v) is 58.6. The number of rotatable bonds is 75. The maximum absolute atomic E-state index is 12.6. The lowest BCUT2D eigenvalue weighted by atomic mass is 10.0. The minimum atomic E-state index is -0.664. The summed E-state index contributed by atoms with van der Waals surface area (Å²) < 4.78 is 5.51. The molecule has 0 aromatic rings. The van der Waals surface area contributed by atoms with Crippen molar-refractivity contribution in [1.82, 2.24) is 5.32 Å². The maximum atomic E-state index is 12.6. The summed E-state index contributed by atoms with van der Waals surface area (Å²) in [5.41, 5.74) is 0. The van der Waals surface area contributed by atoms with E-state index in [1.807, 2.05) is 0 Å². The normalized spacial score (nSPS) is 12.6. The van der Waals surface area contributed by atoms with E-state index in [2.05, 4.69) is 43.5 Å². The number of nitrogens with one attached hydrogen (secondary N) is 1. The highest BCUT2D eigenvalue weighted by atomic mass is 16.5. The second-order valence-corrected chi connectivity index (χ2v) is 27.4. The number of esters is 1. The Morgan fingerprint density at radius 2 is 0.547 bits per heavy atom. The molecule has 0 spiro atoms. The number of unbranched alkanes of at least 4 members (excludes halogenated alkanes) is 60. The molecular weight excluding hydrogens is 1050 g/mol. The van der Waals surface area contributed by atoms with Gasteiger partial charge in [0.15, 0.2) is 0 Å². The van der Waals surface area contributed by atoms with Gasteiger partial charge < -0.3 is 20.3 Å². The lowest BCUT2D eigenvalue weighted by molar-refractivity contribution is -0.143. The Morgan fingerprint density at radius 3 is 0.826 bits per heavy atom. The molecule has 6 heteroatoms. The third-order valence-corrected chi connectivity index (χ3v) is 18.7. The number of amides is 1. The molecule has 6 nitrogen and oxygen atoms in total. The molecule has 510 valence electrons. The molecule has 0 aliphatic carbocycles. The number of allylic oxidation sites excluding steroid dienone is 4. The number of aliphatic hydroxyl groups excluding tert-OH is 2. The van der Waals surface area contributed by atoms with Gasteiger partial charge in [0.25, 0.3) is 0 Å². The molecule has 0 aliphatic heterocycles. The van der Waals surface area contributed by atoms with Crippen LogP contribution in [0, 0.1) is 0 Å². The van der Waals surface area contributed by atoms with E-state index in [0.29, 0.717) is 25.9 Å². The smallest absolute Gasteiger partial charge is 0.305 e. The summed E-state index contributed by atoms with van der Waals surface area (Å²) in [4.78, 5) is 24.7. The highest BCUT2D eigenvalue weighted by Gasteiger charge is 2.20. The first-order valence-corrected chi connectivity index (χ1v) is 39.6. The van der Waals surface area contributed by atoms with Gasteiger partial charge in [0.1, 0.15) is 0 Å². The van der Waals surface area contributed by atoms with E-state index in [0.717, 1.165) is 44.9 Å². The fourth-order valence-corrected chi connectivity index (χ4v) is 12.7. The Balaban J connectivity index is 3.36. The summed E-state index contributed by atoms with van der Waals surface area (Å²) >= 11 is 0. The number of hydrogen-bond acceptors (Lipinski definition) is 5. The fraction of sp³-hybridized carbons (Fsp3) is 0.925. The van der Waals surface area contributed by atoms with Crippen LogP contribution >= 0.6 is 0 Å². The summed E-state index contributed by atoms with van der Waals surface area (Å²) in [7, 11) is 0. The third kappa shape index (κ3) is 71.4. The van der Waals surface area contributed by atoms with Crippen LogP contribution in [0.5, 0.6) is 0 Å². The fourth-order valence-electron chi connectivity index (χ4n) is 12.7. The zero-order valence-electron chi connectivity index (χ0n) is 58.6. The Bertz CT molecular complexity index is 1350. The van der Waals surface area contributed by atoms with E-state index < -0.39 is 12.1 Å². The summed E-state index contributed by atoms with van der Waals surface area (Å²) in [5.74, 6) is -0.0132. The van der Waals surface area contributed by atoms with Gasteiger partial charge in [-0.05, 0) is 77.0 Å². The molecule has 86 heavy (non-hydrogen) atoms. The predicted molar refractivity (Wildman–Crippen MR) is 380 cm³/mol. The molecule has 0 aromatic heterocycles. The van der Waals surface area contributed by atoms with E-state index >= 15 is 0 Å². The zero-order chi connectivity index (χ0) is 62.0. The SMILES string of the molecule is CCCCCCCC/C=C\CCCCCCCCCC(=O)OCCCCCCCCCCCCCC/C=C\CCCCCCCCCCCCCCCCC(=O)NC(CO)C(O)CCCCCCCCCCCCCCCCCCCCCCCC. The number of ether oxygens (including phenoxy) is 1. The van der Waals surface area contributed by atoms with Gasteiger partial charge in [-0.2, -0.15) is 0 Å². The van der Waals surface area contributed by atoms with E-state index in [4.69, 9.17) is 4.74 Å². The maximum Gasteiger partial charge on any atom is 0.305 e. The van der Waals surface area contributed by atoms with Crippen LogP contribution in [-0.4, -0.2) is 47.4 Å². The summed E-state index contributed by atoms with van der Waals surface area (Å²) in [6.45, 7) is 5.00. The van der Waals surface area contributed by atoms with Crippen molar-refractivity contribution >= 4 is 11.9 Å². The average Bonchev–Trinajstić information content (AvgIpc) is 3.56. The van der Waals surface area contributed by atoms with Crippen molar-refractivity contribution < 1.29 is 24.5 Å². The largest absolute Gasteiger partial charge is 0.466 e. The second-order valence-electron chi connectivity index (χ2n) is 27.4. The van der Waals surface area contributed by atoms with Crippen molar-refractivity contribution in [3.63, 3.8) is 0 Å². The van der Waals surface area contributed by atoms with Crippen molar-refractivity contribution in [2.45, 2.75) is 463 Å². The van der Waals surface area contributed by atoms with E-state index in [1.165, 1.54) is 372 Å². The van der Waals surface area contributed by atoms with Crippen molar-refractivity contribution in [3.05, 3.63) is 24.3 Å². The molecule has 2 atom stereocenters. The summed E-state index contributed by atoms with van der Waals surface area (Å²) in [6, 6.07) is -0.541. The van der Waals surface area contributed by atoms with Gasteiger partial charge in [-0.15, -0.1) is 0 Å². The molecule has 0 aromatic carbocycles. The van der Waals surface area contributed by atoms with E-state index in [9.17, 15) is 19.8 Å². The van der Waals surface area contributed by atoms with Crippen molar-refractivity contribution in [3.8, 4) is 0 Å². The van der Waals surface area contributed by atoms with Crippen LogP contribution in [0.2, 0.25) is 0 Å². The van der Waals surface area contributed by atoms with Crippen LogP contribution in [0.25, 0.3) is 0 Å². The van der Waals surface area contributed by atoms with Crippen LogP contribution in [0.3, 0.4) is 0 Å². The first kappa shape index (κ1) is 84.3. The lowest BCUT2D eigenvalue weighted by Gasteiger charge is -2.22. The number of aliphatic hydroxyl groups is 2. The van der Waals surface area contributed by atoms with Gasteiger partial charge in [0, 0.05) is 12.8 Å². The van der Waals surface area contributed by atoms with Gasteiger partial charge in [0.05, 0.1) is 25.4 Å². The molecule has 0 saturated carbocycles. The standard InChI is InChI=1S/C80H155NO5/c1-3-5-7-9-11-13-15-17-19-21-22-23-34-37-41-44-48-52-56-60-64-68-72-78(83)77(76-82)81-79(84)73-69-65-61-57-53-49-45-42-38-35-32-30-28-26-24-25-27-29-31-33-36-39-43-47-51-55-59-63-67-71-75-86-80(85)74-70-66-62-58-54-50-46-40-20-18-16-14-12-10-8-6-4-2/h18,20,25,27,77-78,82-83H,3-17,19,21-24,26,28-76H2,1-2H3,(H,81,84)/b20-18-,27-25-. The number of carbonyl (C=O) groups excluding carboxylic acids is 2. The van der Waals surface area contributed by atoms with Crippen LogP contribution < -0.4 is 5.32 Å². The monoisotopic (exact) mass is 1210 g/mol. The minimum absolute atomic E-state index is 0.0149. The Kier molecular flexibility index (Phi) is 74.3. The minimum Gasteiger partial charge on any atom is -0.466 e. The Labute approximate surface area is 539 Å². The van der Waals surface area contributed by atoms with Gasteiger partial charge in [0.2, 0.25) is 5.91 Å². The first-order chi connectivity index (χ1) is 42.5. The summed E-state index contributed by atoms with van der Waals surface area (Å²) in [6.07, 6.45) is 96.9. The van der Waals surface area contributed by atoms with Crippen molar-refractivity contribution in [2.24, 2.45) is 0 Å². The van der Waals surface area contributed by atoms with Crippen LogP contribution in [-0.2, 0) is 14.3 Å². The molecule has 2 unspecified atom stereocenters. The molecular formula is C80H155NO5. The molecule has 0 rings (SSSR count).